The van der Waals surface area contributed by atoms with E-state index < -0.39 is 0 Å². The number of amides is 1. The number of hydrogen-bond acceptors (Lipinski definition) is 5. The van der Waals surface area contributed by atoms with E-state index in [0.29, 0.717) is 18.5 Å². The number of nitrogens with one attached hydrogen (secondary N) is 1. The molecular weight excluding hydrogens is 310 g/mol. The van der Waals surface area contributed by atoms with Gasteiger partial charge in [0.05, 0.1) is 18.4 Å². The van der Waals surface area contributed by atoms with Crippen molar-refractivity contribution in [2.45, 2.75) is 44.2 Å². The number of furan rings is 1. The van der Waals surface area contributed by atoms with Crippen molar-refractivity contribution in [2.75, 3.05) is 13.1 Å². The molecule has 2 aliphatic heterocycles. The number of aromatic nitrogens is 1. The second-order valence-electron chi connectivity index (χ2n) is 6.36. The van der Waals surface area contributed by atoms with Crippen molar-refractivity contribution in [3.63, 3.8) is 0 Å². The van der Waals surface area contributed by atoms with Gasteiger partial charge < -0.3 is 9.73 Å². The highest BCUT2D eigenvalue weighted by Crippen LogP contribution is 2.27. The molecule has 0 saturated carbocycles. The van der Waals surface area contributed by atoms with Crippen LogP contribution in [0.4, 0.5) is 0 Å². The largest absolute Gasteiger partial charge is 0.462 e. The van der Waals surface area contributed by atoms with Crippen LogP contribution in [0.3, 0.4) is 0 Å². The molecule has 0 radical (unpaired) electrons. The Morgan fingerprint density at radius 2 is 2.35 bits per heavy atom. The highest BCUT2D eigenvalue weighted by molar-refractivity contribution is 7.13. The van der Waals surface area contributed by atoms with E-state index in [0.717, 1.165) is 29.4 Å². The van der Waals surface area contributed by atoms with Gasteiger partial charge in [-0.05, 0) is 37.9 Å². The predicted octanol–water partition coefficient (Wildman–Crippen LogP) is 2.69. The van der Waals surface area contributed by atoms with Gasteiger partial charge in [0.25, 0.3) is 0 Å². The fourth-order valence-corrected chi connectivity index (χ4v) is 4.53. The van der Waals surface area contributed by atoms with Gasteiger partial charge in [0.1, 0.15) is 0 Å². The lowest BCUT2D eigenvalue weighted by atomic mass is 9.99. The van der Waals surface area contributed by atoms with Crippen LogP contribution < -0.4 is 5.32 Å². The quantitative estimate of drug-likeness (QED) is 0.936. The van der Waals surface area contributed by atoms with Crippen molar-refractivity contribution in [3.8, 4) is 10.8 Å². The summed E-state index contributed by atoms with van der Waals surface area (Å²) in [6, 6.07) is 4.59. The van der Waals surface area contributed by atoms with Crippen molar-refractivity contribution in [2.24, 2.45) is 0 Å². The normalized spacial score (nSPS) is 24.5. The molecule has 0 aromatic carbocycles. The maximum Gasteiger partial charge on any atom is 0.226 e. The fraction of sp³-hybridized carbons (Fsp3) is 0.529. The van der Waals surface area contributed by atoms with E-state index in [1.807, 2.05) is 17.5 Å². The summed E-state index contributed by atoms with van der Waals surface area (Å²) in [7, 11) is 0. The Hall–Kier alpha value is -1.66. The van der Waals surface area contributed by atoms with Crippen LogP contribution in [-0.4, -0.2) is 41.0 Å². The van der Waals surface area contributed by atoms with Gasteiger partial charge in [-0.2, -0.15) is 0 Å². The Balaban J connectivity index is 1.35. The number of carbonyl (C=O) groups is 1. The first-order valence-electron chi connectivity index (χ1n) is 8.31. The van der Waals surface area contributed by atoms with Crippen LogP contribution in [0.15, 0.2) is 28.2 Å². The van der Waals surface area contributed by atoms with Crippen LogP contribution >= 0.6 is 11.3 Å². The van der Waals surface area contributed by atoms with E-state index in [1.165, 1.54) is 37.1 Å². The van der Waals surface area contributed by atoms with Gasteiger partial charge in [0.2, 0.25) is 5.91 Å². The summed E-state index contributed by atoms with van der Waals surface area (Å²) in [5.41, 5.74) is 0.817. The number of rotatable bonds is 4. The van der Waals surface area contributed by atoms with E-state index in [1.54, 1.807) is 6.26 Å². The molecule has 0 spiro atoms. The maximum absolute atomic E-state index is 12.4. The Morgan fingerprint density at radius 3 is 3.22 bits per heavy atom. The summed E-state index contributed by atoms with van der Waals surface area (Å²) in [5.74, 6) is 0.842. The summed E-state index contributed by atoms with van der Waals surface area (Å²) >= 11 is 1.52. The zero-order valence-electron chi connectivity index (χ0n) is 13.0. The molecule has 0 unspecified atom stereocenters. The van der Waals surface area contributed by atoms with Crippen molar-refractivity contribution < 1.29 is 9.21 Å². The van der Waals surface area contributed by atoms with Gasteiger partial charge in [-0.15, -0.1) is 11.3 Å². The van der Waals surface area contributed by atoms with Gasteiger partial charge in [-0.25, -0.2) is 4.98 Å². The summed E-state index contributed by atoms with van der Waals surface area (Å²) in [6.45, 7) is 2.31. The van der Waals surface area contributed by atoms with E-state index in [2.05, 4.69) is 15.2 Å². The van der Waals surface area contributed by atoms with Crippen LogP contribution in [0.1, 0.15) is 31.4 Å². The van der Waals surface area contributed by atoms with Crippen molar-refractivity contribution in [1.82, 2.24) is 15.2 Å². The average molecular weight is 331 g/mol. The third-order valence-corrected chi connectivity index (χ3v) is 5.73. The fourth-order valence-electron chi connectivity index (χ4n) is 3.74. The number of fused-ring (bicyclic) bond motifs is 1. The molecule has 2 aliphatic rings. The summed E-state index contributed by atoms with van der Waals surface area (Å²) < 4.78 is 5.35. The molecule has 122 valence electrons. The maximum atomic E-state index is 12.4. The van der Waals surface area contributed by atoms with Crippen molar-refractivity contribution >= 4 is 17.2 Å². The third-order valence-electron chi connectivity index (χ3n) is 4.83. The Labute approximate surface area is 139 Å². The monoisotopic (exact) mass is 331 g/mol. The lowest BCUT2D eigenvalue weighted by Crippen LogP contribution is -2.47. The molecule has 0 bridgehead atoms. The SMILES string of the molecule is O=C(Cc1csc(-c2ccco2)n1)N[C@H]1CCN2CCCC[C@@H]12. The first kappa shape index (κ1) is 14.9. The lowest BCUT2D eigenvalue weighted by Gasteiger charge is -2.32. The topological polar surface area (TPSA) is 58.4 Å². The zero-order valence-corrected chi connectivity index (χ0v) is 13.8. The molecule has 2 fully saturated rings. The van der Waals surface area contributed by atoms with Gasteiger partial charge >= 0.3 is 0 Å². The van der Waals surface area contributed by atoms with Gasteiger partial charge in [-0.3, -0.25) is 9.69 Å². The molecule has 0 aliphatic carbocycles. The minimum Gasteiger partial charge on any atom is -0.462 e. The standard InChI is InChI=1S/C17H21N3O2S/c21-16(19-13-6-8-20-7-2-1-4-14(13)20)10-12-11-23-17(18-12)15-5-3-9-22-15/h3,5,9,11,13-14H,1-2,4,6-8,10H2,(H,19,21)/t13-,14-/m0/s1. The lowest BCUT2D eigenvalue weighted by molar-refractivity contribution is -0.121. The molecule has 2 saturated heterocycles. The minimum absolute atomic E-state index is 0.0821. The molecule has 6 heteroatoms. The van der Waals surface area contributed by atoms with Gasteiger partial charge in [0, 0.05) is 24.0 Å². The number of thiazole rings is 1. The smallest absolute Gasteiger partial charge is 0.226 e. The Bertz CT molecular complexity index is 667. The molecule has 2 aromatic heterocycles. The van der Waals surface area contributed by atoms with E-state index >= 15 is 0 Å². The zero-order chi connectivity index (χ0) is 15.6. The molecule has 1 N–H and O–H groups in total. The molecule has 1 amide bonds. The number of piperidine rings is 1. The number of carbonyl (C=O) groups excluding carboxylic acids is 1. The number of hydrogen-bond donors (Lipinski definition) is 1. The Kier molecular flexibility index (Phi) is 4.18. The second kappa shape index (κ2) is 6.45. The summed E-state index contributed by atoms with van der Waals surface area (Å²) in [5, 5.41) is 6.01. The van der Waals surface area contributed by atoms with Gasteiger partial charge in [-0.1, -0.05) is 6.42 Å². The first-order valence-corrected chi connectivity index (χ1v) is 9.19. The van der Waals surface area contributed by atoms with E-state index in [9.17, 15) is 4.79 Å². The van der Waals surface area contributed by atoms with Crippen LogP contribution in [-0.2, 0) is 11.2 Å². The Morgan fingerprint density at radius 1 is 1.39 bits per heavy atom. The predicted molar refractivity (Wildman–Crippen MR) is 89.3 cm³/mol. The molecule has 2 atom stereocenters. The summed E-state index contributed by atoms with van der Waals surface area (Å²) in [4.78, 5) is 19.4. The molecule has 23 heavy (non-hydrogen) atoms. The third kappa shape index (κ3) is 3.19. The first-order chi connectivity index (χ1) is 11.3. The minimum atomic E-state index is 0.0821. The highest BCUT2D eigenvalue weighted by Gasteiger charge is 2.36. The van der Waals surface area contributed by atoms with E-state index in [-0.39, 0.29) is 5.91 Å². The average Bonchev–Trinajstić information content (AvgIpc) is 3.27. The van der Waals surface area contributed by atoms with Gasteiger partial charge in [0.15, 0.2) is 10.8 Å². The van der Waals surface area contributed by atoms with E-state index in [4.69, 9.17) is 4.42 Å². The van der Waals surface area contributed by atoms with Crippen LogP contribution in [0.25, 0.3) is 10.8 Å². The molecule has 2 aromatic rings. The number of nitrogens with zero attached hydrogens (tertiary/aromatic N) is 2. The van der Waals surface area contributed by atoms with Crippen LogP contribution in [0.5, 0.6) is 0 Å². The molecular formula is C17H21N3O2S. The van der Waals surface area contributed by atoms with Crippen molar-refractivity contribution in [3.05, 3.63) is 29.5 Å². The van der Waals surface area contributed by atoms with Crippen LogP contribution in [0, 0.1) is 0 Å². The molecule has 5 nitrogen and oxygen atoms in total. The van der Waals surface area contributed by atoms with Crippen molar-refractivity contribution in [1.29, 1.82) is 0 Å². The highest BCUT2D eigenvalue weighted by atomic mass is 32.1. The second-order valence-corrected chi connectivity index (χ2v) is 7.22. The van der Waals surface area contributed by atoms with Crippen LogP contribution in [0.2, 0.25) is 0 Å². The summed E-state index contributed by atoms with van der Waals surface area (Å²) in [6.07, 6.45) is 6.85. The molecule has 4 heterocycles. The molecule has 4 rings (SSSR count).